The van der Waals surface area contributed by atoms with Crippen LogP contribution >= 0.6 is 0 Å². The van der Waals surface area contributed by atoms with Crippen LogP contribution in [0, 0.1) is 0 Å². The Kier molecular flexibility index (Phi) is 8.92. The molecule has 0 atom stereocenters. The second-order valence-corrected chi connectivity index (χ2v) is 8.22. The van der Waals surface area contributed by atoms with Gasteiger partial charge < -0.3 is 14.4 Å². The Morgan fingerprint density at radius 1 is 0.781 bits per heavy atom. The molecule has 32 heavy (non-hydrogen) atoms. The molecule has 1 N–H and O–H groups in total. The Balaban J connectivity index is 1.34. The molecule has 0 aromatic heterocycles. The minimum absolute atomic E-state index is 0.846. The number of rotatable bonds is 10. The molecule has 0 amide bonds. The second-order valence-electron chi connectivity index (χ2n) is 8.22. The summed E-state index contributed by atoms with van der Waals surface area (Å²) in [5.74, 6) is 0. The normalized spacial score (nSPS) is 18.1. The lowest BCUT2D eigenvalue weighted by Crippen LogP contribution is -2.45. The highest BCUT2D eigenvalue weighted by atomic mass is 16.5. The van der Waals surface area contributed by atoms with Gasteiger partial charge in [0.25, 0.3) is 0 Å². The van der Waals surface area contributed by atoms with Gasteiger partial charge in [0, 0.05) is 58.0 Å². The van der Waals surface area contributed by atoms with Crippen molar-refractivity contribution >= 4 is 17.6 Å². The molecule has 0 unspecified atom stereocenters. The summed E-state index contributed by atoms with van der Waals surface area (Å²) < 4.78 is 11.0. The van der Waals surface area contributed by atoms with E-state index in [1.807, 2.05) is 36.5 Å². The maximum atomic E-state index is 5.50. The molecule has 7 heteroatoms. The molecule has 0 radical (unpaired) electrons. The van der Waals surface area contributed by atoms with Crippen LogP contribution in [-0.4, -0.2) is 94.8 Å². The molecule has 4 rings (SSSR count). The van der Waals surface area contributed by atoms with Crippen molar-refractivity contribution in [3.63, 3.8) is 0 Å². The first kappa shape index (κ1) is 22.7. The van der Waals surface area contributed by atoms with Gasteiger partial charge in [0.1, 0.15) is 0 Å². The van der Waals surface area contributed by atoms with E-state index in [4.69, 9.17) is 9.47 Å². The van der Waals surface area contributed by atoms with Crippen molar-refractivity contribution in [1.29, 1.82) is 0 Å². The first-order chi connectivity index (χ1) is 15.9. The molecule has 0 spiro atoms. The predicted octanol–water partition coefficient (Wildman–Crippen LogP) is 2.60. The van der Waals surface area contributed by atoms with Crippen LogP contribution < -0.4 is 10.3 Å². The lowest BCUT2D eigenvalue weighted by atomic mass is 10.2. The number of para-hydroxylation sites is 1. The maximum absolute atomic E-state index is 5.50. The predicted molar refractivity (Wildman–Crippen MR) is 131 cm³/mol. The topological polar surface area (TPSA) is 52.6 Å². The number of anilines is 2. The quantitative estimate of drug-likeness (QED) is 0.456. The molecule has 2 heterocycles. The van der Waals surface area contributed by atoms with Crippen LogP contribution in [0.3, 0.4) is 0 Å². The summed E-state index contributed by atoms with van der Waals surface area (Å²) in [7, 11) is 0. The van der Waals surface area contributed by atoms with E-state index in [1.165, 1.54) is 5.69 Å². The fraction of sp³-hybridized carbons (Fsp3) is 0.480. The molecule has 172 valence electrons. The van der Waals surface area contributed by atoms with E-state index in [0.717, 1.165) is 90.0 Å². The summed E-state index contributed by atoms with van der Waals surface area (Å²) in [6, 6.07) is 18.7. The van der Waals surface area contributed by atoms with Crippen molar-refractivity contribution in [2.45, 2.75) is 0 Å². The van der Waals surface area contributed by atoms with Crippen molar-refractivity contribution in [2.75, 3.05) is 89.1 Å². The first-order valence-electron chi connectivity index (χ1n) is 11.7. The lowest BCUT2D eigenvalue weighted by molar-refractivity contribution is 0.0368. The van der Waals surface area contributed by atoms with Crippen LogP contribution in [0.25, 0.3) is 0 Å². The van der Waals surface area contributed by atoms with E-state index >= 15 is 0 Å². The average Bonchev–Trinajstić information content (AvgIpc) is 2.87. The standard InChI is InChI=1S/C25H35N5O2/c1-2-4-24(5-3-1)27-26-22-23-6-8-25(9-7-23)30(12-10-28-14-18-31-19-15-28)13-11-29-16-20-32-21-17-29/h1-9,22,27H,10-21H2/b26-22-. The molecule has 0 aliphatic carbocycles. The molecule has 2 saturated heterocycles. The number of morpholine rings is 2. The van der Waals surface area contributed by atoms with E-state index < -0.39 is 0 Å². The van der Waals surface area contributed by atoms with Crippen LogP contribution in [0.4, 0.5) is 11.4 Å². The Morgan fingerprint density at radius 3 is 1.91 bits per heavy atom. The monoisotopic (exact) mass is 437 g/mol. The molecule has 2 aromatic rings. The zero-order chi connectivity index (χ0) is 21.8. The Labute approximate surface area is 191 Å². The number of hydrazone groups is 1. The maximum Gasteiger partial charge on any atom is 0.0594 e. The lowest BCUT2D eigenvalue weighted by Gasteiger charge is -2.33. The third-order valence-corrected chi connectivity index (χ3v) is 6.02. The Morgan fingerprint density at radius 2 is 1.34 bits per heavy atom. The number of hydrogen-bond donors (Lipinski definition) is 1. The van der Waals surface area contributed by atoms with Gasteiger partial charge in [0.2, 0.25) is 0 Å². The molecule has 2 fully saturated rings. The van der Waals surface area contributed by atoms with Gasteiger partial charge in [-0.15, -0.1) is 0 Å². The van der Waals surface area contributed by atoms with Gasteiger partial charge in [-0.2, -0.15) is 5.10 Å². The van der Waals surface area contributed by atoms with Gasteiger partial charge in [-0.1, -0.05) is 30.3 Å². The van der Waals surface area contributed by atoms with Crippen LogP contribution in [0.2, 0.25) is 0 Å². The van der Waals surface area contributed by atoms with E-state index in [0.29, 0.717) is 0 Å². The van der Waals surface area contributed by atoms with E-state index in [9.17, 15) is 0 Å². The highest BCUT2D eigenvalue weighted by molar-refractivity contribution is 5.81. The minimum atomic E-state index is 0.846. The van der Waals surface area contributed by atoms with Crippen LogP contribution in [0.1, 0.15) is 5.56 Å². The zero-order valence-electron chi connectivity index (χ0n) is 18.9. The largest absolute Gasteiger partial charge is 0.379 e. The molecule has 2 aliphatic rings. The van der Waals surface area contributed by atoms with Gasteiger partial charge in [-0.25, -0.2) is 0 Å². The summed E-state index contributed by atoms with van der Waals surface area (Å²) in [6.07, 6.45) is 1.86. The third kappa shape index (κ3) is 7.31. The fourth-order valence-electron chi connectivity index (χ4n) is 4.01. The molecular formula is C25H35N5O2. The van der Waals surface area contributed by atoms with E-state index in [2.05, 4.69) is 49.5 Å². The van der Waals surface area contributed by atoms with Gasteiger partial charge in [-0.3, -0.25) is 15.2 Å². The first-order valence-corrected chi connectivity index (χ1v) is 11.7. The van der Waals surface area contributed by atoms with Gasteiger partial charge in [0.05, 0.1) is 38.3 Å². The van der Waals surface area contributed by atoms with Gasteiger partial charge in [0.15, 0.2) is 0 Å². The fourth-order valence-corrected chi connectivity index (χ4v) is 4.01. The number of ether oxygens (including phenoxy) is 2. The van der Waals surface area contributed by atoms with Crippen LogP contribution in [0.5, 0.6) is 0 Å². The van der Waals surface area contributed by atoms with Crippen molar-refractivity contribution in [3.05, 3.63) is 60.2 Å². The highest BCUT2D eigenvalue weighted by Gasteiger charge is 2.15. The SMILES string of the molecule is C(=N/Nc1ccccc1)/c1ccc(N(CCN2CCOCC2)CCN2CCOCC2)cc1. The Hall–Kier alpha value is -2.45. The molecule has 7 nitrogen and oxygen atoms in total. The van der Waals surface area contributed by atoms with Crippen molar-refractivity contribution in [1.82, 2.24) is 9.80 Å². The summed E-state index contributed by atoms with van der Waals surface area (Å²) in [4.78, 5) is 7.51. The summed E-state index contributed by atoms with van der Waals surface area (Å²) >= 11 is 0. The van der Waals surface area contributed by atoms with Crippen molar-refractivity contribution < 1.29 is 9.47 Å². The number of nitrogens with zero attached hydrogens (tertiary/aromatic N) is 4. The minimum Gasteiger partial charge on any atom is -0.379 e. The van der Waals surface area contributed by atoms with Gasteiger partial charge in [-0.05, 0) is 29.8 Å². The van der Waals surface area contributed by atoms with E-state index in [-0.39, 0.29) is 0 Å². The number of benzene rings is 2. The molecular weight excluding hydrogens is 402 g/mol. The number of nitrogens with one attached hydrogen (secondary N) is 1. The smallest absolute Gasteiger partial charge is 0.0594 e. The van der Waals surface area contributed by atoms with E-state index in [1.54, 1.807) is 0 Å². The number of hydrogen-bond acceptors (Lipinski definition) is 7. The summed E-state index contributed by atoms with van der Waals surface area (Å²) in [5.41, 5.74) is 6.40. The average molecular weight is 438 g/mol. The zero-order valence-corrected chi connectivity index (χ0v) is 18.9. The molecule has 2 aromatic carbocycles. The molecule has 2 aliphatic heterocycles. The molecule has 0 saturated carbocycles. The summed E-state index contributed by atoms with van der Waals surface area (Å²) in [5, 5.41) is 4.36. The molecule has 0 bridgehead atoms. The Bertz CT molecular complexity index is 781. The summed E-state index contributed by atoms with van der Waals surface area (Å²) in [6.45, 7) is 11.7. The van der Waals surface area contributed by atoms with Gasteiger partial charge >= 0.3 is 0 Å². The van der Waals surface area contributed by atoms with Crippen LogP contribution in [0.15, 0.2) is 59.7 Å². The van der Waals surface area contributed by atoms with Crippen LogP contribution in [-0.2, 0) is 9.47 Å². The highest BCUT2D eigenvalue weighted by Crippen LogP contribution is 2.16. The third-order valence-electron chi connectivity index (χ3n) is 6.02. The van der Waals surface area contributed by atoms with Crippen molar-refractivity contribution in [2.24, 2.45) is 5.10 Å². The second kappa shape index (κ2) is 12.6. The van der Waals surface area contributed by atoms with Crippen molar-refractivity contribution in [3.8, 4) is 0 Å².